The van der Waals surface area contributed by atoms with Crippen LogP contribution < -0.4 is 0 Å². The van der Waals surface area contributed by atoms with E-state index in [2.05, 4.69) is 34.8 Å². The van der Waals surface area contributed by atoms with Crippen molar-refractivity contribution in [2.45, 2.75) is 19.1 Å². The van der Waals surface area contributed by atoms with Gasteiger partial charge in [-0.05, 0) is 43.5 Å². The molecule has 0 bridgehead atoms. The highest BCUT2D eigenvalue weighted by Gasteiger charge is 2.74. The molecule has 3 unspecified atom stereocenters. The molecule has 0 aromatic carbocycles. The van der Waals surface area contributed by atoms with Gasteiger partial charge in [0, 0.05) is 0 Å². The molecule has 0 nitrogen and oxygen atoms in total. The SMILES string of the molecule is FC(F)(Cl)C(F)(Cl)C(F)(Br)C(F)(Cl)Br. The van der Waals surface area contributed by atoms with Crippen LogP contribution in [0.15, 0.2) is 0 Å². The van der Waals surface area contributed by atoms with Gasteiger partial charge in [0.15, 0.2) is 0 Å². The zero-order valence-corrected chi connectivity index (χ0v) is 11.2. The first-order valence-corrected chi connectivity index (χ1v) is 5.36. The van der Waals surface area contributed by atoms with Crippen LogP contribution in [-0.4, -0.2) is 19.1 Å². The monoisotopic (exact) mass is 406 g/mol. The molecule has 0 aromatic rings. The molecule has 0 aromatic heterocycles. The van der Waals surface area contributed by atoms with Crippen molar-refractivity contribution in [3.05, 3.63) is 0 Å². The molecule has 0 fully saturated rings. The second-order valence-electron chi connectivity index (χ2n) is 2.14. The van der Waals surface area contributed by atoms with Gasteiger partial charge in [-0.25, -0.2) is 13.2 Å². The Morgan fingerprint density at radius 3 is 1.14 bits per heavy atom. The summed E-state index contributed by atoms with van der Waals surface area (Å²) < 4.78 is 55.6. The minimum atomic E-state index is -4.87. The third kappa shape index (κ3) is 2.59. The molecule has 0 aliphatic carbocycles. The molecule has 0 aliphatic rings. The van der Waals surface area contributed by atoms with Crippen LogP contribution in [-0.2, 0) is 0 Å². The molecule has 3 atom stereocenters. The summed E-state index contributed by atoms with van der Waals surface area (Å²) in [6.07, 6.45) is 0. The van der Waals surface area contributed by atoms with Gasteiger partial charge < -0.3 is 0 Å². The summed E-state index contributed by atoms with van der Waals surface area (Å²) in [4.78, 5) is 0. The molecule has 0 radical (unpaired) electrons. The first-order chi connectivity index (χ1) is 5.75. The van der Waals surface area contributed by atoms with E-state index < -0.39 is 19.1 Å². The van der Waals surface area contributed by atoms with Gasteiger partial charge in [0.25, 0.3) is 8.62 Å². The number of halogens is 10. The second-order valence-corrected chi connectivity index (χ2v) is 6.30. The zero-order valence-electron chi connectivity index (χ0n) is 5.78. The fraction of sp³-hybridized carbons (Fsp3) is 1.00. The predicted molar refractivity (Wildman–Crippen MR) is 51.9 cm³/mol. The molecule has 0 heterocycles. The molecule has 0 amide bonds. The number of alkyl halides is 10. The average molecular weight is 409 g/mol. The van der Waals surface area contributed by atoms with E-state index in [-0.39, 0.29) is 0 Å². The molecule has 14 heavy (non-hydrogen) atoms. The van der Waals surface area contributed by atoms with Crippen molar-refractivity contribution in [1.29, 1.82) is 0 Å². The van der Waals surface area contributed by atoms with Gasteiger partial charge in [-0.1, -0.05) is 23.2 Å². The summed E-state index contributed by atoms with van der Waals surface area (Å²) >= 11 is 16.7. The van der Waals surface area contributed by atoms with Crippen LogP contribution in [0, 0.1) is 0 Å². The zero-order chi connectivity index (χ0) is 12.0. The number of hydrogen-bond acceptors (Lipinski definition) is 0. The van der Waals surface area contributed by atoms with Gasteiger partial charge in [-0.15, -0.1) is 0 Å². The van der Waals surface area contributed by atoms with Crippen LogP contribution >= 0.6 is 66.7 Å². The van der Waals surface area contributed by atoms with Crippen molar-refractivity contribution in [3.8, 4) is 0 Å². The quantitative estimate of drug-likeness (QED) is 0.453. The lowest BCUT2D eigenvalue weighted by Crippen LogP contribution is -2.56. The van der Waals surface area contributed by atoms with Crippen LogP contribution in [0.3, 0.4) is 0 Å². The normalized spacial score (nSPS) is 26.1. The van der Waals surface area contributed by atoms with Gasteiger partial charge in [0.1, 0.15) is 0 Å². The lowest BCUT2D eigenvalue weighted by Gasteiger charge is -2.35. The third-order valence-corrected chi connectivity index (χ3v) is 4.85. The standard InChI is InChI=1S/C4Br2Cl3F5/c5-1(10,3(6,8)12)2(7,11)4(9,13)14. The first-order valence-electron chi connectivity index (χ1n) is 2.64. The van der Waals surface area contributed by atoms with Crippen molar-refractivity contribution < 1.29 is 22.0 Å². The highest BCUT2D eigenvalue weighted by molar-refractivity contribution is 9.13. The fourth-order valence-corrected chi connectivity index (χ4v) is 1.55. The summed E-state index contributed by atoms with van der Waals surface area (Å²) in [5.74, 6) is 0. The van der Waals surface area contributed by atoms with E-state index in [0.29, 0.717) is 0 Å². The summed E-state index contributed by atoms with van der Waals surface area (Å²) in [7, 11) is 0. The van der Waals surface area contributed by atoms with E-state index in [1.807, 2.05) is 0 Å². The molecular weight excluding hydrogens is 409 g/mol. The first kappa shape index (κ1) is 15.5. The van der Waals surface area contributed by atoms with E-state index in [0.717, 1.165) is 0 Å². The van der Waals surface area contributed by atoms with Gasteiger partial charge in [0.2, 0.25) is 0 Å². The molecular formula is C4Br2Cl3F5. The smallest absolute Gasteiger partial charge is 0.220 e. The molecule has 0 N–H and O–H groups in total. The maximum Gasteiger partial charge on any atom is 0.373 e. The van der Waals surface area contributed by atoms with E-state index in [1.165, 1.54) is 0 Å². The van der Waals surface area contributed by atoms with E-state index in [9.17, 15) is 22.0 Å². The van der Waals surface area contributed by atoms with Gasteiger partial charge in [0.05, 0.1) is 0 Å². The van der Waals surface area contributed by atoms with Crippen LogP contribution in [0.25, 0.3) is 0 Å². The number of rotatable bonds is 3. The highest BCUT2D eigenvalue weighted by Crippen LogP contribution is 2.60. The van der Waals surface area contributed by atoms with E-state index in [4.69, 9.17) is 0 Å². The van der Waals surface area contributed by atoms with Crippen molar-refractivity contribution in [2.75, 3.05) is 0 Å². The average Bonchev–Trinajstić information content (AvgIpc) is 1.81. The number of hydrogen-bond donors (Lipinski definition) is 0. The topological polar surface area (TPSA) is 0 Å². The lowest BCUT2D eigenvalue weighted by atomic mass is 10.2. The second kappa shape index (κ2) is 4.05. The molecule has 10 heteroatoms. The van der Waals surface area contributed by atoms with Crippen molar-refractivity contribution in [1.82, 2.24) is 0 Å². The molecule has 86 valence electrons. The summed E-state index contributed by atoms with van der Waals surface area (Å²) in [6.45, 7) is 0. The molecule has 0 spiro atoms. The Kier molecular flexibility index (Phi) is 4.48. The van der Waals surface area contributed by atoms with Crippen LogP contribution in [0.2, 0.25) is 0 Å². The lowest BCUT2D eigenvalue weighted by molar-refractivity contribution is -0.0843. The minimum Gasteiger partial charge on any atom is -0.220 e. The summed E-state index contributed by atoms with van der Waals surface area (Å²) in [5, 5.41) is -9.45. The Bertz CT molecular complexity index is 196. The summed E-state index contributed by atoms with van der Waals surface area (Å²) in [5.41, 5.74) is 0. The van der Waals surface area contributed by atoms with E-state index in [1.54, 1.807) is 31.9 Å². The molecule has 0 saturated carbocycles. The fourth-order valence-electron chi connectivity index (χ4n) is 0.356. The Balaban J connectivity index is 5.30. The Morgan fingerprint density at radius 2 is 1.07 bits per heavy atom. The van der Waals surface area contributed by atoms with Crippen molar-refractivity contribution in [3.63, 3.8) is 0 Å². The largest absolute Gasteiger partial charge is 0.373 e. The van der Waals surface area contributed by atoms with E-state index >= 15 is 0 Å². The molecule has 0 rings (SSSR count). The maximum absolute atomic E-state index is 13.2. The highest BCUT2D eigenvalue weighted by atomic mass is 79.9. The van der Waals surface area contributed by atoms with Crippen LogP contribution in [0.1, 0.15) is 0 Å². The molecule has 0 saturated heterocycles. The molecule has 0 aliphatic heterocycles. The van der Waals surface area contributed by atoms with Gasteiger partial charge in [-0.2, -0.15) is 8.78 Å². The van der Waals surface area contributed by atoms with Crippen molar-refractivity contribution >= 4 is 66.7 Å². The predicted octanol–water partition coefficient (Wildman–Crippen LogP) is 5.04. The van der Waals surface area contributed by atoms with Crippen LogP contribution in [0.5, 0.6) is 0 Å². The van der Waals surface area contributed by atoms with Gasteiger partial charge in [-0.3, -0.25) is 0 Å². The Hall–Kier alpha value is 1.48. The summed E-state index contributed by atoms with van der Waals surface area (Å²) in [6, 6.07) is 0. The van der Waals surface area contributed by atoms with Gasteiger partial charge >= 0.3 is 10.5 Å². The Labute approximate surface area is 107 Å². The Morgan fingerprint density at radius 1 is 0.786 bits per heavy atom. The maximum atomic E-state index is 13.2. The minimum absolute atomic E-state index is 1.67. The van der Waals surface area contributed by atoms with Crippen molar-refractivity contribution in [2.24, 2.45) is 0 Å². The van der Waals surface area contributed by atoms with Crippen LogP contribution in [0.4, 0.5) is 22.0 Å². The third-order valence-electron chi connectivity index (χ3n) is 1.11.